The van der Waals surface area contributed by atoms with Gasteiger partial charge in [-0.2, -0.15) is 0 Å². The van der Waals surface area contributed by atoms with Crippen LogP contribution in [-0.2, 0) is 6.42 Å². The van der Waals surface area contributed by atoms with Crippen LogP contribution in [0, 0.1) is 6.92 Å². The van der Waals surface area contributed by atoms with Gasteiger partial charge in [0.05, 0.1) is 0 Å². The Kier molecular flexibility index (Phi) is 3.92. The topological polar surface area (TPSA) is 37.8 Å². The number of hydrogen-bond acceptors (Lipinski definition) is 3. The molecule has 1 N–H and O–H groups in total. The van der Waals surface area contributed by atoms with Gasteiger partial charge in [0.1, 0.15) is 5.82 Å². The SMILES string of the molecule is CCNc1cc(C)nc(-c2ccc(CC)cc2)n1. The minimum atomic E-state index is 0.786. The molecule has 0 radical (unpaired) electrons. The summed E-state index contributed by atoms with van der Waals surface area (Å²) < 4.78 is 0. The van der Waals surface area contributed by atoms with Crippen molar-refractivity contribution in [2.45, 2.75) is 27.2 Å². The van der Waals surface area contributed by atoms with Crippen LogP contribution in [0.4, 0.5) is 5.82 Å². The molecule has 3 heteroatoms. The number of nitrogens with zero attached hydrogens (tertiary/aromatic N) is 2. The quantitative estimate of drug-likeness (QED) is 0.891. The predicted octanol–water partition coefficient (Wildman–Crippen LogP) is 3.45. The van der Waals surface area contributed by atoms with Gasteiger partial charge in [-0.1, -0.05) is 31.2 Å². The summed E-state index contributed by atoms with van der Waals surface area (Å²) in [5, 5.41) is 3.23. The highest BCUT2D eigenvalue weighted by Gasteiger charge is 2.04. The second-order valence-electron chi connectivity index (χ2n) is 4.30. The average molecular weight is 241 g/mol. The Morgan fingerprint density at radius 1 is 1.06 bits per heavy atom. The maximum Gasteiger partial charge on any atom is 0.161 e. The van der Waals surface area contributed by atoms with Crippen molar-refractivity contribution >= 4 is 5.82 Å². The molecular formula is C15H19N3. The van der Waals surface area contributed by atoms with Gasteiger partial charge in [0.15, 0.2) is 5.82 Å². The lowest BCUT2D eigenvalue weighted by Crippen LogP contribution is -2.02. The van der Waals surface area contributed by atoms with Crippen molar-refractivity contribution in [2.75, 3.05) is 11.9 Å². The number of hydrogen-bond donors (Lipinski definition) is 1. The first kappa shape index (κ1) is 12.6. The molecule has 2 rings (SSSR count). The number of benzene rings is 1. The molecule has 0 atom stereocenters. The molecule has 0 saturated heterocycles. The van der Waals surface area contributed by atoms with Gasteiger partial charge in [-0.15, -0.1) is 0 Å². The van der Waals surface area contributed by atoms with E-state index in [2.05, 4.69) is 53.4 Å². The largest absolute Gasteiger partial charge is 0.370 e. The fourth-order valence-corrected chi connectivity index (χ4v) is 1.86. The molecule has 0 bridgehead atoms. The molecule has 0 aliphatic carbocycles. The highest BCUT2D eigenvalue weighted by Crippen LogP contribution is 2.18. The van der Waals surface area contributed by atoms with Gasteiger partial charge in [-0.05, 0) is 25.8 Å². The van der Waals surface area contributed by atoms with Crippen molar-refractivity contribution in [2.24, 2.45) is 0 Å². The maximum absolute atomic E-state index is 4.53. The molecule has 0 spiro atoms. The number of aryl methyl sites for hydroxylation is 2. The average Bonchev–Trinajstić information content (AvgIpc) is 2.38. The zero-order valence-electron chi connectivity index (χ0n) is 11.2. The first-order valence-corrected chi connectivity index (χ1v) is 6.41. The molecule has 1 aromatic heterocycles. The Hall–Kier alpha value is -1.90. The molecule has 0 amide bonds. The van der Waals surface area contributed by atoms with E-state index in [1.165, 1.54) is 5.56 Å². The third kappa shape index (κ3) is 2.86. The Labute approximate surface area is 108 Å². The highest BCUT2D eigenvalue weighted by molar-refractivity contribution is 5.58. The van der Waals surface area contributed by atoms with Crippen molar-refractivity contribution in [3.63, 3.8) is 0 Å². The van der Waals surface area contributed by atoms with Crippen molar-refractivity contribution in [1.29, 1.82) is 0 Å². The smallest absolute Gasteiger partial charge is 0.161 e. The lowest BCUT2D eigenvalue weighted by molar-refractivity contribution is 1.08. The molecule has 0 saturated carbocycles. The Bertz CT molecular complexity index is 518. The first-order valence-electron chi connectivity index (χ1n) is 6.41. The molecule has 0 aliphatic rings. The number of aromatic nitrogens is 2. The van der Waals surface area contributed by atoms with E-state index in [0.29, 0.717) is 0 Å². The van der Waals surface area contributed by atoms with Crippen LogP contribution in [0.15, 0.2) is 30.3 Å². The summed E-state index contributed by atoms with van der Waals surface area (Å²) in [6.07, 6.45) is 1.05. The third-order valence-electron chi connectivity index (χ3n) is 2.83. The van der Waals surface area contributed by atoms with Crippen LogP contribution in [0.25, 0.3) is 11.4 Å². The van der Waals surface area contributed by atoms with E-state index in [1.807, 2.05) is 13.0 Å². The second-order valence-corrected chi connectivity index (χ2v) is 4.30. The van der Waals surface area contributed by atoms with E-state index in [1.54, 1.807) is 0 Å². The highest BCUT2D eigenvalue weighted by atomic mass is 15.0. The Balaban J connectivity index is 2.36. The van der Waals surface area contributed by atoms with Gasteiger partial charge in [0.25, 0.3) is 0 Å². The van der Waals surface area contributed by atoms with E-state index >= 15 is 0 Å². The Morgan fingerprint density at radius 3 is 2.39 bits per heavy atom. The molecule has 1 heterocycles. The van der Waals surface area contributed by atoms with Crippen molar-refractivity contribution in [3.8, 4) is 11.4 Å². The summed E-state index contributed by atoms with van der Waals surface area (Å²) in [4.78, 5) is 9.02. The van der Waals surface area contributed by atoms with Crippen LogP contribution in [0.2, 0.25) is 0 Å². The van der Waals surface area contributed by atoms with Crippen molar-refractivity contribution in [1.82, 2.24) is 9.97 Å². The van der Waals surface area contributed by atoms with Crippen LogP contribution in [-0.4, -0.2) is 16.5 Å². The number of rotatable bonds is 4. The second kappa shape index (κ2) is 5.63. The molecule has 0 aliphatic heterocycles. The van der Waals surface area contributed by atoms with E-state index in [-0.39, 0.29) is 0 Å². The molecule has 2 aromatic rings. The van der Waals surface area contributed by atoms with Gasteiger partial charge >= 0.3 is 0 Å². The standard InChI is InChI=1S/C15H19N3/c1-4-12-6-8-13(9-7-12)15-17-11(3)10-14(18-15)16-5-2/h6-10H,4-5H2,1-3H3,(H,16,17,18). The minimum Gasteiger partial charge on any atom is -0.370 e. The Morgan fingerprint density at radius 2 is 1.78 bits per heavy atom. The summed E-state index contributed by atoms with van der Waals surface area (Å²) in [5.41, 5.74) is 3.38. The van der Waals surface area contributed by atoms with Crippen LogP contribution < -0.4 is 5.32 Å². The van der Waals surface area contributed by atoms with Gasteiger partial charge in [-0.3, -0.25) is 0 Å². The fourth-order valence-electron chi connectivity index (χ4n) is 1.86. The lowest BCUT2D eigenvalue weighted by Gasteiger charge is -2.07. The van der Waals surface area contributed by atoms with Crippen LogP contribution in [0.1, 0.15) is 25.1 Å². The molecule has 94 valence electrons. The molecule has 0 unspecified atom stereocenters. The van der Waals surface area contributed by atoms with Gasteiger partial charge in [0, 0.05) is 23.9 Å². The van der Waals surface area contributed by atoms with Gasteiger partial charge < -0.3 is 5.32 Å². The summed E-state index contributed by atoms with van der Waals surface area (Å²) in [6.45, 7) is 7.08. The fraction of sp³-hybridized carbons (Fsp3) is 0.333. The predicted molar refractivity (Wildman–Crippen MR) is 75.7 cm³/mol. The monoisotopic (exact) mass is 241 g/mol. The van der Waals surface area contributed by atoms with Crippen molar-refractivity contribution < 1.29 is 0 Å². The van der Waals surface area contributed by atoms with Crippen LogP contribution in [0.3, 0.4) is 0 Å². The molecule has 0 fully saturated rings. The van der Waals surface area contributed by atoms with Crippen molar-refractivity contribution in [3.05, 3.63) is 41.6 Å². The van der Waals surface area contributed by atoms with E-state index in [0.717, 1.165) is 35.9 Å². The van der Waals surface area contributed by atoms with E-state index in [4.69, 9.17) is 0 Å². The van der Waals surface area contributed by atoms with Gasteiger partial charge in [-0.25, -0.2) is 9.97 Å². The minimum absolute atomic E-state index is 0.786. The van der Waals surface area contributed by atoms with Gasteiger partial charge in [0.2, 0.25) is 0 Å². The van der Waals surface area contributed by atoms with Crippen LogP contribution >= 0.6 is 0 Å². The molecule has 3 nitrogen and oxygen atoms in total. The first-order chi connectivity index (χ1) is 8.72. The van der Waals surface area contributed by atoms with E-state index in [9.17, 15) is 0 Å². The third-order valence-corrected chi connectivity index (χ3v) is 2.83. The summed E-state index contributed by atoms with van der Waals surface area (Å²) in [6, 6.07) is 10.4. The lowest BCUT2D eigenvalue weighted by atomic mass is 10.1. The maximum atomic E-state index is 4.53. The van der Waals surface area contributed by atoms with E-state index < -0.39 is 0 Å². The summed E-state index contributed by atoms with van der Waals surface area (Å²) >= 11 is 0. The summed E-state index contributed by atoms with van der Waals surface area (Å²) in [5.74, 6) is 1.67. The normalized spacial score (nSPS) is 10.4. The zero-order chi connectivity index (χ0) is 13.0. The molecular weight excluding hydrogens is 222 g/mol. The van der Waals surface area contributed by atoms with Crippen LogP contribution in [0.5, 0.6) is 0 Å². The number of anilines is 1. The number of nitrogens with one attached hydrogen (secondary N) is 1. The molecule has 18 heavy (non-hydrogen) atoms. The summed E-state index contributed by atoms with van der Waals surface area (Å²) in [7, 11) is 0. The molecule has 1 aromatic carbocycles. The zero-order valence-corrected chi connectivity index (χ0v) is 11.2.